The second-order valence-corrected chi connectivity index (χ2v) is 8.08. The normalized spacial score (nSPS) is 10.9. The minimum absolute atomic E-state index is 0.160. The second kappa shape index (κ2) is 9.46. The van der Waals surface area contributed by atoms with E-state index in [1.54, 1.807) is 36.0 Å². The summed E-state index contributed by atoms with van der Waals surface area (Å²) in [5, 5.41) is 12.0. The molecule has 9 heteroatoms. The van der Waals surface area contributed by atoms with Crippen molar-refractivity contribution in [2.75, 3.05) is 5.32 Å². The van der Waals surface area contributed by atoms with Crippen LogP contribution < -0.4 is 10.1 Å². The molecule has 0 aliphatic carbocycles. The van der Waals surface area contributed by atoms with Crippen molar-refractivity contribution in [2.24, 2.45) is 0 Å². The Bertz CT molecular complexity index is 1250. The highest BCUT2D eigenvalue weighted by atomic mass is 35.5. The molecule has 2 aromatic carbocycles. The van der Waals surface area contributed by atoms with Gasteiger partial charge in [0.1, 0.15) is 18.1 Å². The molecule has 0 aliphatic rings. The molecule has 0 atom stereocenters. The molecule has 7 nitrogen and oxygen atoms in total. The van der Waals surface area contributed by atoms with E-state index in [9.17, 15) is 4.79 Å². The maximum atomic E-state index is 12.8. The molecule has 2 aromatic heterocycles. The van der Waals surface area contributed by atoms with Gasteiger partial charge in [0.2, 0.25) is 0 Å². The summed E-state index contributed by atoms with van der Waals surface area (Å²) in [7, 11) is 0. The number of anilines is 1. The number of benzene rings is 2. The first-order chi connectivity index (χ1) is 15.4. The van der Waals surface area contributed by atoms with Crippen molar-refractivity contribution in [1.29, 1.82) is 0 Å². The molecule has 4 rings (SSSR count). The largest absolute Gasteiger partial charge is 0.489 e. The van der Waals surface area contributed by atoms with Gasteiger partial charge in [0.15, 0.2) is 11.5 Å². The second-order valence-electron chi connectivity index (χ2n) is 7.27. The molecule has 0 unspecified atom stereocenters. The highest BCUT2D eigenvalue weighted by Gasteiger charge is 2.21. The van der Waals surface area contributed by atoms with Crippen molar-refractivity contribution in [3.05, 3.63) is 92.9 Å². The number of hydrogen-bond donors (Lipinski definition) is 1. The average Bonchev–Trinajstić information content (AvgIpc) is 3.36. The van der Waals surface area contributed by atoms with Gasteiger partial charge in [0, 0.05) is 12.3 Å². The summed E-state index contributed by atoms with van der Waals surface area (Å²) in [4.78, 5) is 12.8. The minimum atomic E-state index is -0.427. The fourth-order valence-corrected chi connectivity index (χ4v) is 3.37. The predicted octanol–water partition coefficient (Wildman–Crippen LogP) is 5.67. The lowest BCUT2D eigenvalue weighted by Gasteiger charge is -2.07. The first-order valence-corrected chi connectivity index (χ1v) is 10.6. The van der Waals surface area contributed by atoms with E-state index in [2.05, 4.69) is 15.6 Å². The zero-order valence-electron chi connectivity index (χ0n) is 17.4. The third kappa shape index (κ3) is 5.12. The van der Waals surface area contributed by atoms with Crippen molar-refractivity contribution in [3.8, 4) is 5.75 Å². The summed E-state index contributed by atoms with van der Waals surface area (Å²) in [6.07, 6.45) is 1.76. The molecule has 0 bridgehead atoms. The van der Waals surface area contributed by atoms with Gasteiger partial charge >= 0.3 is 0 Å². The molecule has 0 radical (unpaired) electrons. The SMILES string of the molecule is Cc1ccc(OCc2c(C(=O)Nc3ccn(Cc4ccc(Cl)c(Cl)c4)n3)noc2C)cc1. The van der Waals surface area contributed by atoms with E-state index in [1.807, 2.05) is 37.3 Å². The molecule has 164 valence electrons. The Labute approximate surface area is 194 Å². The lowest BCUT2D eigenvalue weighted by Crippen LogP contribution is -2.16. The fourth-order valence-electron chi connectivity index (χ4n) is 3.05. The van der Waals surface area contributed by atoms with Crippen molar-refractivity contribution >= 4 is 34.9 Å². The monoisotopic (exact) mass is 470 g/mol. The summed E-state index contributed by atoms with van der Waals surface area (Å²) in [5.74, 6) is 1.18. The standard InChI is InChI=1S/C23H20Cl2N4O3/c1-14-3-6-17(7-4-14)31-13-18-15(2)32-28-22(18)23(30)26-21-9-10-29(27-21)12-16-5-8-19(24)20(25)11-16/h3-11H,12-13H2,1-2H3,(H,26,27,30). The van der Waals surface area contributed by atoms with E-state index in [0.717, 1.165) is 11.1 Å². The molecule has 32 heavy (non-hydrogen) atoms. The van der Waals surface area contributed by atoms with E-state index in [-0.39, 0.29) is 12.3 Å². The van der Waals surface area contributed by atoms with Gasteiger partial charge in [-0.15, -0.1) is 0 Å². The van der Waals surface area contributed by atoms with Crippen LogP contribution in [-0.2, 0) is 13.2 Å². The average molecular weight is 471 g/mol. The van der Waals surface area contributed by atoms with Crippen LogP contribution in [0.25, 0.3) is 0 Å². The Kier molecular flexibility index (Phi) is 6.48. The van der Waals surface area contributed by atoms with Crippen molar-refractivity contribution in [2.45, 2.75) is 27.0 Å². The number of halogens is 2. The number of rotatable bonds is 7. The van der Waals surface area contributed by atoms with Crippen LogP contribution in [-0.4, -0.2) is 20.8 Å². The van der Waals surface area contributed by atoms with Gasteiger partial charge in [-0.1, -0.05) is 52.1 Å². The number of carbonyl (C=O) groups excluding carboxylic acids is 1. The smallest absolute Gasteiger partial charge is 0.279 e. The van der Waals surface area contributed by atoms with Crippen LogP contribution in [0.4, 0.5) is 5.82 Å². The lowest BCUT2D eigenvalue weighted by molar-refractivity contribution is 0.101. The summed E-state index contributed by atoms with van der Waals surface area (Å²) in [5.41, 5.74) is 2.81. The van der Waals surface area contributed by atoms with Crippen LogP contribution in [0.1, 0.15) is 32.9 Å². The van der Waals surface area contributed by atoms with E-state index < -0.39 is 5.91 Å². The van der Waals surface area contributed by atoms with E-state index in [4.69, 9.17) is 32.5 Å². The highest BCUT2D eigenvalue weighted by Crippen LogP contribution is 2.23. The molecule has 0 spiro atoms. The first-order valence-electron chi connectivity index (χ1n) is 9.82. The summed E-state index contributed by atoms with van der Waals surface area (Å²) >= 11 is 12.0. The highest BCUT2D eigenvalue weighted by molar-refractivity contribution is 6.42. The van der Waals surface area contributed by atoms with Crippen LogP contribution in [0, 0.1) is 13.8 Å². The first kappa shape index (κ1) is 21.9. The molecule has 0 aliphatic heterocycles. The molecule has 1 N–H and O–H groups in total. The Balaban J connectivity index is 1.42. The number of nitrogens with one attached hydrogen (secondary N) is 1. The number of ether oxygens (including phenoxy) is 1. The Morgan fingerprint density at radius 3 is 2.62 bits per heavy atom. The lowest BCUT2D eigenvalue weighted by atomic mass is 10.2. The van der Waals surface area contributed by atoms with Crippen LogP contribution in [0.3, 0.4) is 0 Å². The summed E-state index contributed by atoms with van der Waals surface area (Å²) < 4.78 is 12.7. The third-order valence-corrected chi connectivity index (χ3v) is 5.55. The molecular weight excluding hydrogens is 451 g/mol. The molecular formula is C23H20Cl2N4O3. The van der Waals surface area contributed by atoms with Gasteiger partial charge in [-0.3, -0.25) is 9.48 Å². The molecule has 0 fully saturated rings. The van der Waals surface area contributed by atoms with Crippen LogP contribution in [0.15, 0.2) is 59.3 Å². The van der Waals surface area contributed by atoms with Gasteiger partial charge in [0.25, 0.3) is 5.91 Å². The topological polar surface area (TPSA) is 82.2 Å². The maximum absolute atomic E-state index is 12.8. The van der Waals surface area contributed by atoms with Crippen molar-refractivity contribution < 1.29 is 14.1 Å². The molecule has 0 saturated carbocycles. The quantitative estimate of drug-likeness (QED) is 0.375. The maximum Gasteiger partial charge on any atom is 0.279 e. The zero-order chi connectivity index (χ0) is 22.7. The number of nitrogens with zero attached hydrogens (tertiary/aromatic N) is 3. The van der Waals surface area contributed by atoms with Gasteiger partial charge in [-0.05, 0) is 43.7 Å². The zero-order valence-corrected chi connectivity index (χ0v) is 18.9. The predicted molar refractivity (Wildman–Crippen MR) is 122 cm³/mol. The Hall–Kier alpha value is -3.29. The summed E-state index contributed by atoms with van der Waals surface area (Å²) in [6.45, 7) is 4.38. The van der Waals surface area contributed by atoms with Gasteiger partial charge < -0.3 is 14.6 Å². The Morgan fingerprint density at radius 1 is 1.09 bits per heavy atom. The van der Waals surface area contributed by atoms with Crippen molar-refractivity contribution in [3.63, 3.8) is 0 Å². The number of aryl methyl sites for hydroxylation is 2. The number of carbonyl (C=O) groups is 1. The van der Waals surface area contributed by atoms with Crippen LogP contribution in [0.2, 0.25) is 10.0 Å². The number of hydrogen-bond acceptors (Lipinski definition) is 5. The summed E-state index contributed by atoms with van der Waals surface area (Å²) in [6, 6.07) is 14.7. The molecule has 4 aromatic rings. The number of aromatic nitrogens is 3. The van der Waals surface area contributed by atoms with E-state index >= 15 is 0 Å². The Morgan fingerprint density at radius 2 is 1.88 bits per heavy atom. The molecule has 2 heterocycles. The van der Waals surface area contributed by atoms with Gasteiger partial charge in [-0.2, -0.15) is 5.10 Å². The molecule has 1 amide bonds. The third-order valence-electron chi connectivity index (χ3n) is 4.81. The van der Waals surface area contributed by atoms with Gasteiger partial charge in [-0.25, -0.2) is 0 Å². The number of amides is 1. The molecule has 0 saturated heterocycles. The van der Waals surface area contributed by atoms with Crippen LogP contribution in [0.5, 0.6) is 5.75 Å². The van der Waals surface area contributed by atoms with E-state index in [1.165, 1.54) is 0 Å². The van der Waals surface area contributed by atoms with Crippen LogP contribution >= 0.6 is 23.2 Å². The van der Waals surface area contributed by atoms with E-state index in [0.29, 0.717) is 39.5 Å². The fraction of sp³-hybridized carbons (Fsp3) is 0.174. The van der Waals surface area contributed by atoms with Crippen molar-refractivity contribution in [1.82, 2.24) is 14.9 Å². The van der Waals surface area contributed by atoms with Gasteiger partial charge in [0.05, 0.1) is 22.2 Å². The minimum Gasteiger partial charge on any atom is -0.489 e.